The van der Waals surface area contributed by atoms with Crippen LogP contribution in [0.15, 0.2) is 42.5 Å². The number of imide groups is 1. The van der Waals surface area contributed by atoms with Crippen LogP contribution in [-0.4, -0.2) is 27.0 Å². The van der Waals surface area contributed by atoms with E-state index < -0.39 is 0 Å². The monoisotopic (exact) mass is 334 g/mol. The lowest BCUT2D eigenvalue weighted by atomic mass is 9.85. The Kier molecular flexibility index (Phi) is 3.13. The number of nitrogens with zero attached hydrogens (tertiary/aromatic N) is 3. The van der Waals surface area contributed by atoms with Crippen molar-refractivity contribution in [1.82, 2.24) is 15.2 Å². The summed E-state index contributed by atoms with van der Waals surface area (Å²) in [5.41, 5.74) is 1.21. The van der Waals surface area contributed by atoms with Crippen molar-refractivity contribution in [3.8, 4) is 0 Å². The van der Waals surface area contributed by atoms with Gasteiger partial charge < -0.3 is 0 Å². The zero-order valence-corrected chi connectivity index (χ0v) is 13.6. The lowest BCUT2D eigenvalue weighted by molar-refractivity contribution is -0.123. The number of hydrogen-bond donors (Lipinski definition) is 1. The molecular formula is C19H18N4O2. The zero-order valence-electron chi connectivity index (χ0n) is 13.6. The van der Waals surface area contributed by atoms with Crippen molar-refractivity contribution in [3.05, 3.63) is 53.9 Å². The quantitative estimate of drug-likeness (QED) is 0.684. The number of H-pyrrole nitrogens is 1. The second-order valence-corrected chi connectivity index (χ2v) is 7.08. The summed E-state index contributed by atoms with van der Waals surface area (Å²) >= 11 is 0. The van der Waals surface area contributed by atoms with E-state index >= 15 is 0 Å². The van der Waals surface area contributed by atoms with E-state index in [4.69, 9.17) is 0 Å². The maximum Gasteiger partial charge on any atom is 0.258 e. The van der Waals surface area contributed by atoms with Crippen molar-refractivity contribution in [1.29, 1.82) is 0 Å². The van der Waals surface area contributed by atoms with Crippen molar-refractivity contribution in [2.45, 2.75) is 19.3 Å². The van der Waals surface area contributed by atoms with Crippen molar-refractivity contribution < 1.29 is 9.59 Å². The normalized spacial score (nSPS) is 29.7. The minimum absolute atomic E-state index is 0.138. The van der Waals surface area contributed by atoms with Crippen molar-refractivity contribution >= 4 is 17.8 Å². The summed E-state index contributed by atoms with van der Waals surface area (Å²) in [7, 11) is 0. The second-order valence-electron chi connectivity index (χ2n) is 7.08. The maximum atomic E-state index is 12.8. The second kappa shape index (κ2) is 5.37. The highest BCUT2D eigenvalue weighted by molar-refractivity contribution is 6.21. The van der Waals surface area contributed by atoms with Crippen molar-refractivity contribution in [3.63, 3.8) is 0 Å². The molecule has 1 aliphatic heterocycles. The van der Waals surface area contributed by atoms with Crippen LogP contribution in [0.3, 0.4) is 0 Å². The molecule has 0 unspecified atom stereocenters. The first-order valence-electron chi connectivity index (χ1n) is 8.74. The van der Waals surface area contributed by atoms with Gasteiger partial charge in [-0.3, -0.25) is 14.7 Å². The number of amides is 2. The Morgan fingerprint density at radius 1 is 1.00 bits per heavy atom. The standard InChI is InChI=1S/C19H18N4O2/c24-17-15-12-7-8-13(10-12)16(15)18(25)23(17)19-20-14(21-22-19)9-6-11-4-2-1-3-5-11/h1-5,7-8,12-13,15-16H,6,9-10H2,(H,20,21,22)/t12-,13+,15-,16+. The lowest BCUT2D eigenvalue weighted by Crippen LogP contribution is -2.33. The highest BCUT2D eigenvalue weighted by Crippen LogP contribution is 2.52. The van der Waals surface area contributed by atoms with Crippen LogP contribution in [0.25, 0.3) is 0 Å². The number of allylic oxidation sites excluding steroid dienone is 2. The van der Waals surface area contributed by atoms with Crippen LogP contribution in [0.1, 0.15) is 17.8 Å². The molecule has 2 aliphatic carbocycles. The van der Waals surface area contributed by atoms with E-state index in [-0.39, 0.29) is 41.4 Å². The molecule has 6 nitrogen and oxygen atoms in total. The Balaban J connectivity index is 1.34. The van der Waals surface area contributed by atoms with Crippen LogP contribution < -0.4 is 4.90 Å². The summed E-state index contributed by atoms with van der Waals surface area (Å²) in [6.07, 6.45) is 6.62. The van der Waals surface area contributed by atoms with Gasteiger partial charge >= 0.3 is 0 Å². The minimum atomic E-state index is -0.214. The topological polar surface area (TPSA) is 79.0 Å². The summed E-state index contributed by atoms with van der Waals surface area (Å²) in [4.78, 5) is 31.1. The van der Waals surface area contributed by atoms with E-state index in [1.807, 2.05) is 18.2 Å². The molecule has 126 valence electrons. The Hall–Kier alpha value is -2.76. The number of aromatic amines is 1. The highest BCUT2D eigenvalue weighted by atomic mass is 16.2. The molecule has 6 heteroatoms. The van der Waals surface area contributed by atoms with E-state index in [1.54, 1.807) is 0 Å². The van der Waals surface area contributed by atoms with Crippen LogP contribution in [0.2, 0.25) is 0 Å². The van der Waals surface area contributed by atoms with Gasteiger partial charge in [-0.25, -0.2) is 4.90 Å². The van der Waals surface area contributed by atoms with Gasteiger partial charge in [0.2, 0.25) is 11.8 Å². The average Bonchev–Trinajstić information content (AvgIpc) is 3.39. The number of hydrogen-bond acceptors (Lipinski definition) is 4. The van der Waals surface area contributed by atoms with Crippen molar-refractivity contribution in [2.75, 3.05) is 4.90 Å². The molecule has 1 N–H and O–H groups in total. The van der Waals surface area contributed by atoms with Crippen LogP contribution in [0.4, 0.5) is 5.95 Å². The molecule has 2 heterocycles. The fourth-order valence-electron chi connectivity index (χ4n) is 4.50. The van der Waals surface area contributed by atoms with Gasteiger partial charge in [-0.1, -0.05) is 42.5 Å². The smallest absolute Gasteiger partial charge is 0.258 e. The molecule has 1 saturated carbocycles. The van der Waals surface area contributed by atoms with Crippen molar-refractivity contribution in [2.24, 2.45) is 23.7 Å². The van der Waals surface area contributed by atoms with Gasteiger partial charge in [-0.2, -0.15) is 4.98 Å². The maximum absolute atomic E-state index is 12.8. The molecule has 0 spiro atoms. The summed E-state index contributed by atoms with van der Waals surface area (Å²) in [6, 6.07) is 10.1. The van der Waals surface area contributed by atoms with Gasteiger partial charge in [0.1, 0.15) is 5.82 Å². The van der Waals surface area contributed by atoms with Crippen LogP contribution >= 0.6 is 0 Å². The zero-order chi connectivity index (χ0) is 17.0. The predicted molar refractivity (Wildman–Crippen MR) is 90.4 cm³/mol. The third-order valence-electron chi connectivity index (χ3n) is 5.68. The third-order valence-corrected chi connectivity index (χ3v) is 5.68. The van der Waals surface area contributed by atoms with E-state index in [2.05, 4.69) is 39.5 Å². The van der Waals surface area contributed by atoms with Gasteiger partial charge in [-0.05, 0) is 30.2 Å². The molecule has 4 atom stereocenters. The largest absolute Gasteiger partial charge is 0.274 e. The fourth-order valence-corrected chi connectivity index (χ4v) is 4.50. The Morgan fingerprint density at radius 3 is 2.36 bits per heavy atom. The van der Waals surface area contributed by atoms with Gasteiger partial charge in [0.25, 0.3) is 5.95 Å². The fraction of sp³-hybridized carbons (Fsp3) is 0.368. The van der Waals surface area contributed by atoms with Crippen LogP contribution in [0.5, 0.6) is 0 Å². The number of rotatable bonds is 4. The number of aromatic nitrogens is 3. The molecule has 2 fully saturated rings. The Bertz CT molecular complexity index is 843. The molecule has 2 aromatic rings. The molecule has 2 bridgehead atoms. The number of benzene rings is 1. The van der Waals surface area contributed by atoms with Gasteiger partial charge in [0.15, 0.2) is 0 Å². The predicted octanol–water partition coefficient (Wildman–Crippen LogP) is 1.90. The van der Waals surface area contributed by atoms with Crippen LogP contribution in [-0.2, 0) is 22.4 Å². The lowest BCUT2D eigenvalue weighted by Gasteiger charge is -2.14. The molecule has 2 amide bonds. The number of fused-ring (bicyclic) bond motifs is 5. The molecule has 1 aromatic heterocycles. The van der Waals surface area contributed by atoms with E-state index in [0.29, 0.717) is 12.2 Å². The number of anilines is 1. The summed E-state index contributed by atoms with van der Waals surface area (Å²) < 4.78 is 0. The van der Waals surface area contributed by atoms with E-state index in [1.165, 1.54) is 10.5 Å². The molecular weight excluding hydrogens is 316 g/mol. The molecule has 0 radical (unpaired) electrons. The Morgan fingerprint density at radius 2 is 1.68 bits per heavy atom. The molecule has 5 rings (SSSR count). The molecule has 1 aromatic carbocycles. The number of aryl methyl sites for hydroxylation is 2. The van der Waals surface area contributed by atoms with E-state index in [9.17, 15) is 9.59 Å². The highest BCUT2D eigenvalue weighted by Gasteiger charge is 2.60. The molecule has 1 saturated heterocycles. The van der Waals surface area contributed by atoms with Gasteiger partial charge in [-0.15, -0.1) is 5.10 Å². The Labute approximate surface area is 144 Å². The first-order chi connectivity index (χ1) is 12.2. The minimum Gasteiger partial charge on any atom is -0.274 e. The summed E-state index contributed by atoms with van der Waals surface area (Å²) in [5.74, 6) is 0.591. The number of carbonyl (C=O) groups is 2. The first-order valence-corrected chi connectivity index (χ1v) is 8.74. The number of nitrogens with one attached hydrogen (secondary N) is 1. The SMILES string of the molecule is O=C1[C@@H]2[C@H](C(=O)N1c1n[nH]c(CCc3ccccc3)n1)[C@@H]1C=C[C@H]2C1. The summed E-state index contributed by atoms with van der Waals surface area (Å²) in [6.45, 7) is 0. The summed E-state index contributed by atoms with van der Waals surface area (Å²) in [5, 5.41) is 7.01. The third kappa shape index (κ3) is 2.17. The van der Waals surface area contributed by atoms with Gasteiger partial charge in [0.05, 0.1) is 11.8 Å². The van der Waals surface area contributed by atoms with E-state index in [0.717, 1.165) is 12.8 Å². The first kappa shape index (κ1) is 14.6. The average molecular weight is 334 g/mol. The van der Waals surface area contributed by atoms with Crippen LogP contribution in [0, 0.1) is 23.7 Å². The molecule has 25 heavy (non-hydrogen) atoms. The molecule has 3 aliphatic rings. The van der Waals surface area contributed by atoms with Gasteiger partial charge in [0, 0.05) is 6.42 Å². The number of carbonyl (C=O) groups excluding carboxylic acids is 2.